The molecule has 0 unspecified atom stereocenters. The van der Waals surface area contributed by atoms with Gasteiger partial charge in [0.25, 0.3) is 17.4 Å². The van der Waals surface area contributed by atoms with Crippen molar-refractivity contribution in [1.82, 2.24) is 29.4 Å². The number of aromatic nitrogens is 4. The highest BCUT2D eigenvalue weighted by Gasteiger charge is 2.36. The number of hydrogen-bond acceptors (Lipinski definition) is 6. The lowest BCUT2D eigenvalue weighted by Gasteiger charge is -2.20. The van der Waals surface area contributed by atoms with Crippen LogP contribution in [-0.4, -0.2) is 54.4 Å². The maximum absolute atomic E-state index is 13.2. The average molecular weight is 481 g/mol. The highest BCUT2D eigenvalue weighted by Crippen LogP contribution is 2.28. The maximum atomic E-state index is 13.2. The molecule has 1 fully saturated rings. The Kier molecular flexibility index (Phi) is 5.58. The molecule has 1 aliphatic heterocycles. The van der Waals surface area contributed by atoms with E-state index in [9.17, 15) is 23.6 Å². The number of carbonyl (C=O) groups is 3. The number of anilines is 1. The molecule has 35 heavy (non-hydrogen) atoms. The van der Waals surface area contributed by atoms with Crippen molar-refractivity contribution in [2.24, 2.45) is 5.92 Å². The van der Waals surface area contributed by atoms with Gasteiger partial charge in [-0.1, -0.05) is 0 Å². The highest BCUT2D eigenvalue weighted by molar-refractivity contribution is 5.99. The van der Waals surface area contributed by atoms with Crippen LogP contribution in [0.4, 0.5) is 10.2 Å². The van der Waals surface area contributed by atoms with E-state index in [1.54, 1.807) is 0 Å². The maximum Gasteiger partial charge on any atom is 0.280 e. The van der Waals surface area contributed by atoms with Crippen molar-refractivity contribution in [3.63, 3.8) is 0 Å². The van der Waals surface area contributed by atoms with E-state index >= 15 is 0 Å². The van der Waals surface area contributed by atoms with Crippen LogP contribution in [0.1, 0.15) is 53.2 Å². The van der Waals surface area contributed by atoms with Crippen molar-refractivity contribution < 1.29 is 18.8 Å². The van der Waals surface area contributed by atoms with Gasteiger partial charge in [0.1, 0.15) is 29.5 Å². The first-order chi connectivity index (χ1) is 16.7. The van der Waals surface area contributed by atoms with Gasteiger partial charge < -0.3 is 20.1 Å². The molecule has 0 bridgehead atoms. The minimum atomic E-state index is -0.548. The summed E-state index contributed by atoms with van der Waals surface area (Å²) in [7, 11) is 0. The Balaban J connectivity index is 1.55. The predicted octanol–water partition coefficient (Wildman–Crippen LogP) is 1.17. The zero-order valence-corrected chi connectivity index (χ0v) is 19.2. The first-order valence-corrected chi connectivity index (χ1v) is 11.4. The van der Waals surface area contributed by atoms with Gasteiger partial charge in [-0.05, 0) is 44.7 Å². The molecule has 0 aromatic carbocycles. The molecule has 3 amide bonds. The lowest BCUT2D eigenvalue weighted by molar-refractivity contribution is -0.116. The fourth-order valence-electron chi connectivity index (χ4n) is 4.10. The smallest absolute Gasteiger partial charge is 0.280 e. The summed E-state index contributed by atoms with van der Waals surface area (Å²) in [6.45, 7) is 3.92. The van der Waals surface area contributed by atoms with Gasteiger partial charge in [-0.3, -0.25) is 19.2 Å². The van der Waals surface area contributed by atoms with Crippen molar-refractivity contribution in [1.29, 1.82) is 0 Å². The summed E-state index contributed by atoms with van der Waals surface area (Å²) in [4.78, 5) is 57.3. The standard InChI is InChI=1S/C23H24FN7O4/c1-12(2)29-10-15-20(23(29)35)30(11-18(32)27-17-6-5-14(24)9-25-17)19-7-16(28-31(19)22(15)34)21(33)26-8-13-3-4-13/h5-7,9,12-13H,3-4,8,10-11H2,1-2H3,(H,26,33)(H,25,27,32). The molecule has 2 aliphatic rings. The Morgan fingerprint density at radius 3 is 2.66 bits per heavy atom. The topological polar surface area (TPSA) is 131 Å². The van der Waals surface area contributed by atoms with Gasteiger partial charge >= 0.3 is 0 Å². The van der Waals surface area contributed by atoms with E-state index in [-0.39, 0.29) is 53.5 Å². The van der Waals surface area contributed by atoms with Crippen LogP contribution in [0.5, 0.6) is 0 Å². The van der Waals surface area contributed by atoms with Crippen LogP contribution in [0.3, 0.4) is 0 Å². The summed E-state index contributed by atoms with van der Waals surface area (Å²) in [5.74, 6) is -1.32. The summed E-state index contributed by atoms with van der Waals surface area (Å²) in [6, 6.07) is 3.70. The molecule has 182 valence electrons. The van der Waals surface area contributed by atoms with Crippen LogP contribution in [0.25, 0.3) is 5.65 Å². The largest absolute Gasteiger partial charge is 0.350 e. The molecule has 2 N–H and O–H groups in total. The normalized spacial score (nSPS) is 15.1. The lowest BCUT2D eigenvalue weighted by Crippen LogP contribution is -2.32. The van der Waals surface area contributed by atoms with E-state index < -0.39 is 23.2 Å². The van der Waals surface area contributed by atoms with Crippen LogP contribution in [0.2, 0.25) is 0 Å². The molecule has 3 aromatic rings. The number of hydrogen-bond donors (Lipinski definition) is 2. The number of carbonyl (C=O) groups excluding carboxylic acids is 3. The van der Waals surface area contributed by atoms with Crippen molar-refractivity contribution >= 4 is 29.2 Å². The molecule has 0 atom stereocenters. The van der Waals surface area contributed by atoms with Crippen molar-refractivity contribution in [3.8, 4) is 0 Å². The Bertz CT molecular complexity index is 1410. The number of nitrogens with zero attached hydrogens (tertiary/aromatic N) is 5. The second kappa shape index (κ2) is 8.60. The zero-order valence-electron chi connectivity index (χ0n) is 19.2. The molecule has 1 aliphatic carbocycles. The third-order valence-electron chi connectivity index (χ3n) is 6.17. The molecular weight excluding hydrogens is 457 g/mol. The SMILES string of the molecule is CC(C)N1Cc2c(n(CC(=O)Nc3ccc(F)cn3)c3cc(C(=O)NCC4CC4)nn3c2=O)C1=O. The Hall–Kier alpha value is -4.09. The molecule has 4 heterocycles. The third-order valence-corrected chi connectivity index (χ3v) is 6.17. The summed E-state index contributed by atoms with van der Waals surface area (Å²) in [6.07, 6.45) is 3.10. The van der Waals surface area contributed by atoms with Gasteiger partial charge in [0.15, 0.2) is 5.69 Å². The number of nitrogens with one attached hydrogen (secondary N) is 2. The van der Waals surface area contributed by atoms with E-state index in [4.69, 9.17) is 0 Å². The predicted molar refractivity (Wildman–Crippen MR) is 122 cm³/mol. The Labute approximate surface area is 198 Å². The lowest BCUT2D eigenvalue weighted by atomic mass is 10.2. The molecule has 0 saturated heterocycles. The van der Waals surface area contributed by atoms with Gasteiger partial charge in [0.2, 0.25) is 5.91 Å². The third kappa shape index (κ3) is 4.27. The molecule has 11 nitrogen and oxygen atoms in total. The van der Waals surface area contributed by atoms with Crippen molar-refractivity contribution in [3.05, 3.63) is 57.5 Å². The van der Waals surface area contributed by atoms with Gasteiger partial charge in [0.05, 0.1) is 18.3 Å². The van der Waals surface area contributed by atoms with E-state index in [0.717, 1.165) is 29.6 Å². The Morgan fingerprint density at radius 2 is 2.00 bits per heavy atom. The number of fused-ring (bicyclic) bond motifs is 2. The van der Waals surface area contributed by atoms with Crippen LogP contribution in [0.15, 0.2) is 29.2 Å². The number of halogens is 1. The van der Waals surface area contributed by atoms with Gasteiger partial charge in [0, 0.05) is 18.7 Å². The molecule has 0 radical (unpaired) electrons. The first kappa shape index (κ1) is 22.7. The summed E-state index contributed by atoms with van der Waals surface area (Å²) < 4.78 is 15.6. The van der Waals surface area contributed by atoms with Crippen molar-refractivity contribution in [2.75, 3.05) is 11.9 Å². The number of rotatable bonds is 7. The minimum absolute atomic E-state index is 0.0222. The summed E-state index contributed by atoms with van der Waals surface area (Å²) in [5, 5.41) is 9.56. The van der Waals surface area contributed by atoms with Gasteiger partial charge in [-0.2, -0.15) is 9.61 Å². The zero-order chi connectivity index (χ0) is 24.9. The molecule has 1 saturated carbocycles. The van der Waals surface area contributed by atoms with Crippen LogP contribution >= 0.6 is 0 Å². The Morgan fingerprint density at radius 1 is 1.23 bits per heavy atom. The van der Waals surface area contributed by atoms with Crippen LogP contribution < -0.4 is 16.2 Å². The quantitative estimate of drug-likeness (QED) is 0.521. The van der Waals surface area contributed by atoms with Gasteiger partial charge in [-0.15, -0.1) is 0 Å². The monoisotopic (exact) mass is 481 g/mol. The van der Waals surface area contributed by atoms with E-state index in [1.165, 1.54) is 21.6 Å². The van der Waals surface area contributed by atoms with Crippen LogP contribution in [0, 0.1) is 11.7 Å². The second-order valence-electron chi connectivity index (χ2n) is 9.11. The highest BCUT2D eigenvalue weighted by atomic mass is 19.1. The number of pyridine rings is 1. The number of amides is 3. The molecule has 0 spiro atoms. The van der Waals surface area contributed by atoms with E-state index in [1.807, 2.05) is 13.8 Å². The average Bonchev–Trinajstić information content (AvgIpc) is 3.42. The first-order valence-electron chi connectivity index (χ1n) is 11.4. The molecule has 5 rings (SSSR count). The fraction of sp³-hybridized carbons (Fsp3) is 0.391. The molecule has 3 aromatic heterocycles. The van der Waals surface area contributed by atoms with E-state index in [2.05, 4.69) is 20.7 Å². The van der Waals surface area contributed by atoms with E-state index in [0.29, 0.717) is 12.5 Å². The van der Waals surface area contributed by atoms with Gasteiger partial charge in [-0.25, -0.2) is 9.37 Å². The summed E-state index contributed by atoms with van der Waals surface area (Å²) >= 11 is 0. The molecular formula is C23H24FN7O4. The minimum Gasteiger partial charge on any atom is -0.350 e. The fourth-order valence-corrected chi connectivity index (χ4v) is 4.10. The second-order valence-corrected chi connectivity index (χ2v) is 9.11. The van der Waals surface area contributed by atoms with Crippen LogP contribution in [-0.2, 0) is 17.9 Å². The van der Waals surface area contributed by atoms with Crippen molar-refractivity contribution in [2.45, 2.75) is 45.8 Å². The molecule has 12 heteroatoms. The summed E-state index contributed by atoms with van der Waals surface area (Å²) in [5.41, 5.74) is -0.0507.